The average Bonchev–Trinajstić information content (AvgIpc) is 2.61. The topological polar surface area (TPSA) is 76.4 Å². The van der Waals surface area contributed by atoms with Crippen LogP contribution < -0.4 is 9.47 Å². The summed E-state index contributed by atoms with van der Waals surface area (Å²) in [6.07, 6.45) is 1.25. The van der Waals surface area contributed by atoms with E-state index in [1.165, 1.54) is 24.3 Å². The van der Waals surface area contributed by atoms with Crippen LogP contribution in [0, 0.1) is 11.3 Å². The minimum Gasteiger partial charge on any atom is -0.486 e. The van der Waals surface area contributed by atoms with E-state index >= 15 is 0 Å². The van der Waals surface area contributed by atoms with Gasteiger partial charge in [-0.15, -0.1) is 0 Å². The maximum absolute atomic E-state index is 12.7. The Hall–Kier alpha value is -2.20. The Morgan fingerprint density at radius 2 is 1.80 bits per heavy atom. The van der Waals surface area contributed by atoms with E-state index in [9.17, 15) is 13.7 Å². The van der Waals surface area contributed by atoms with Crippen LogP contribution in [0.25, 0.3) is 6.08 Å². The number of nitrogens with zero attached hydrogens (tertiary/aromatic N) is 1. The largest absolute Gasteiger partial charge is 0.486 e. The van der Waals surface area contributed by atoms with Crippen molar-refractivity contribution in [3.05, 3.63) is 56.9 Å². The normalized spacial score (nSPS) is 14.0. The fourth-order valence-corrected chi connectivity index (χ4v) is 4.19. The molecule has 0 fully saturated rings. The van der Waals surface area contributed by atoms with Gasteiger partial charge in [0.25, 0.3) is 0 Å². The molecule has 0 aromatic heterocycles. The number of halogens is 2. The molecule has 5 nitrogen and oxygen atoms in total. The number of hydrogen-bond acceptors (Lipinski definition) is 5. The summed E-state index contributed by atoms with van der Waals surface area (Å²) in [4.78, 5) is -0.666. The van der Waals surface area contributed by atoms with Crippen molar-refractivity contribution < 1.29 is 17.9 Å². The zero-order chi connectivity index (χ0) is 18.0. The van der Waals surface area contributed by atoms with Crippen LogP contribution in [0.15, 0.2) is 46.2 Å². The third-order valence-electron chi connectivity index (χ3n) is 3.45. The maximum atomic E-state index is 12.7. The monoisotopic (exact) mass is 395 g/mol. The first-order valence-corrected chi connectivity index (χ1v) is 9.37. The highest BCUT2D eigenvalue weighted by molar-refractivity contribution is 7.95. The number of hydrogen-bond donors (Lipinski definition) is 0. The Morgan fingerprint density at radius 1 is 1.08 bits per heavy atom. The van der Waals surface area contributed by atoms with Gasteiger partial charge < -0.3 is 9.47 Å². The van der Waals surface area contributed by atoms with E-state index in [2.05, 4.69) is 0 Å². The molecule has 128 valence electrons. The molecule has 1 heterocycles. The van der Waals surface area contributed by atoms with Gasteiger partial charge in [-0.2, -0.15) is 5.26 Å². The number of ether oxygens (including phenoxy) is 2. The van der Waals surface area contributed by atoms with Crippen LogP contribution in [0.1, 0.15) is 5.56 Å². The summed E-state index contributed by atoms with van der Waals surface area (Å²) in [6.45, 7) is 0.856. The maximum Gasteiger partial charge on any atom is 0.218 e. The summed E-state index contributed by atoms with van der Waals surface area (Å²) in [6, 6.07) is 10.7. The van der Waals surface area contributed by atoms with Gasteiger partial charge in [0, 0.05) is 5.02 Å². The van der Waals surface area contributed by atoms with Crippen molar-refractivity contribution in [3.63, 3.8) is 0 Å². The predicted molar refractivity (Wildman–Crippen MR) is 94.7 cm³/mol. The second-order valence-corrected chi connectivity index (χ2v) is 7.83. The first kappa shape index (κ1) is 17.6. The highest BCUT2D eigenvalue weighted by Crippen LogP contribution is 2.33. The molecule has 25 heavy (non-hydrogen) atoms. The van der Waals surface area contributed by atoms with Gasteiger partial charge in [0.1, 0.15) is 24.2 Å². The van der Waals surface area contributed by atoms with Gasteiger partial charge in [-0.1, -0.05) is 29.3 Å². The summed E-state index contributed by atoms with van der Waals surface area (Å²) in [7, 11) is -4.11. The fourth-order valence-electron chi connectivity index (χ4n) is 2.27. The number of rotatable bonds is 3. The standard InChI is InChI=1S/C17H11Cl2NO4S/c18-12-2-3-14(19)17(9-12)25(21,22)13(10-20)7-11-1-4-15-16(8-11)24-6-5-23-15/h1-4,7-9H,5-6H2/b13-7+. The van der Waals surface area contributed by atoms with Gasteiger partial charge in [-0.3, -0.25) is 0 Å². The Labute approximate surface area is 154 Å². The molecule has 3 rings (SSSR count). The summed E-state index contributed by atoms with van der Waals surface area (Å²) in [5, 5.41) is 9.55. The van der Waals surface area contributed by atoms with Crippen molar-refractivity contribution in [3.8, 4) is 17.6 Å². The highest BCUT2D eigenvalue weighted by atomic mass is 35.5. The summed E-state index contributed by atoms with van der Waals surface area (Å²) >= 11 is 11.8. The van der Waals surface area contributed by atoms with Crippen molar-refractivity contribution in [2.75, 3.05) is 13.2 Å². The summed E-state index contributed by atoms with van der Waals surface area (Å²) in [5.74, 6) is 1.07. The molecule has 0 atom stereocenters. The van der Waals surface area contributed by atoms with E-state index in [0.717, 1.165) is 0 Å². The Kier molecular flexibility index (Phi) is 4.91. The van der Waals surface area contributed by atoms with Crippen LogP contribution in [-0.4, -0.2) is 21.6 Å². The quantitative estimate of drug-likeness (QED) is 0.730. The lowest BCUT2D eigenvalue weighted by Gasteiger charge is -2.18. The number of sulfone groups is 1. The van der Waals surface area contributed by atoms with Crippen LogP contribution in [-0.2, 0) is 9.84 Å². The number of allylic oxidation sites excluding steroid dienone is 1. The third-order valence-corrected chi connectivity index (χ3v) is 5.83. The van der Waals surface area contributed by atoms with Crippen molar-refractivity contribution in [2.45, 2.75) is 4.90 Å². The van der Waals surface area contributed by atoms with Crippen LogP contribution in [0.3, 0.4) is 0 Å². The lowest BCUT2D eigenvalue weighted by Crippen LogP contribution is -2.15. The van der Waals surface area contributed by atoms with E-state index in [1.807, 2.05) is 0 Å². The van der Waals surface area contributed by atoms with Crippen LogP contribution in [0.2, 0.25) is 10.0 Å². The minimum atomic E-state index is -4.11. The molecule has 1 aliphatic rings. The molecule has 0 saturated carbocycles. The lowest BCUT2D eigenvalue weighted by atomic mass is 10.2. The molecule has 0 radical (unpaired) electrons. The number of fused-ring (bicyclic) bond motifs is 1. The van der Waals surface area contributed by atoms with Crippen molar-refractivity contribution in [1.29, 1.82) is 5.26 Å². The molecule has 0 N–H and O–H groups in total. The van der Waals surface area contributed by atoms with Crippen molar-refractivity contribution in [1.82, 2.24) is 0 Å². The predicted octanol–water partition coefficient (Wildman–Crippen LogP) is 4.10. The van der Waals surface area contributed by atoms with E-state index < -0.39 is 14.7 Å². The van der Waals surface area contributed by atoms with E-state index in [-0.39, 0.29) is 14.9 Å². The van der Waals surface area contributed by atoms with Crippen LogP contribution in [0.4, 0.5) is 0 Å². The molecule has 0 aliphatic carbocycles. The zero-order valence-electron chi connectivity index (χ0n) is 12.7. The SMILES string of the molecule is N#C/C(=C\c1ccc2c(c1)OCCO2)S(=O)(=O)c1cc(Cl)ccc1Cl. The molecule has 0 bridgehead atoms. The highest BCUT2D eigenvalue weighted by Gasteiger charge is 2.24. The zero-order valence-corrected chi connectivity index (χ0v) is 15.0. The summed E-state index contributed by atoms with van der Waals surface area (Å²) < 4.78 is 36.4. The van der Waals surface area contributed by atoms with Gasteiger partial charge in [-0.25, -0.2) is 8.42 Å². The van der Waals surface area contributed by atoms with E-state index in [0.29, 0.717) is 30.3 Å². The Bertz CT molecular complexity index is 1010. The second-order valence-electron chi connectivity index (χ2n) is 5.10. The first-order valence-electron chi connectivity index (χ1n) is 7.13. The first-order chi connectivity index (χ1) is 11.9. The molecule has 8 heteroatoms. The van der Waals surface area contributed by atoms with Crippen LogP contribution in [0.5, 0.6) is 11.5 Å². The van der Waals surface area contributed by atoms with Gasteiger partial charge in [0.05, 0.1) is 9.92 Å². The Balaban J connectivity index is 2.06. The molecule has 0 unspecified atom stereocenters. The van der Waals surface area contributed by atoms with Gasteiger partial charge >= 0.3 is 0 Å². The molecule has 0 amide bonds. The molecular formula is C17H11Cl2NO4S. The van der Waals surface area contributed by atoms with Crippen molar-refractivity contribution in [2.24, 2.45) is 0 Å². The van der Waals surface area contributed by atoms with Gasteiger partial charge in [0.2, 0.25) is 9.84 Å². The van der Waals surface area contributed by atoms with E-state index in [1.54, 1.807) is 24.3 Å². The van der Waals surface area contributed by atoms with E-state index in [4.69, 9.17) is 32.7 Å². The van der Waals surface area contributed by atoms with Crippen molar-refractivity contribution >= 4 is 39.1 Å². The van der Waals surface area contributed by atoms with Gasteiger partial charge in [-0.05, 0) is 42.0 Å². The number of benzene rings is 2. The Morgan fingerprint density at radius 3 is 2.52 bits per heavy atom. The molecule has 2 aromatic carbocycles. The fraction of sp³-hybridized carbons (Fsp3) is 0.118. The third kappa shape index (κ3) is 3.59. The molecular weight excluding hydrogens is 385 g/mol. The summed E-state index contributed by atoms with van der Waals surface area (Å²) in [5.41, 5.74) is 0.488. The van der Waals surface area contributed by atoms with Crippen LogP contribution >= 0.6 is 23.2 Å². The molecule has 0 saturated heterocycles. The smallest absolute Gasteiger partial charge is 0.218 e. The number of nitriles is 1. The lowest BCUT2D eigenvalue weighted by molar-refractivity contribution is 0.171. The average molecular weight is 396 g/mol. The molecule has 0 spiro atoms. The second kappa shape index (κ2) is 6.96. The molecule has 1 aliphatic heterocycles. The van der Waals surface area contributed by atoms with Gasteiger partial charge in [0.15, 0.2) is 11.5 Å². The molecule has 2 aromatic rings. The minimum absolute atomic E-state index is 0.00674.